The fourth-order valence-corrected chi connectivity index (χ4v) is 4.24. The molecule has 2 bridgehead atoms. The number of piperidine rings is 1. The van der Waals surface area contributed by atoms with Gasteiger partial charge in [-0.15, -0.1) is 0 Å². The van der Waals surface area contributed by atoms with Crippen molar-refractivity contribution in [1.82, 2.24) is 19.8 Å². The Hall–Kier alpha value is -2.35. The summed E-state index contributed by atoms with van der Waals surface area (Å²) in [7, 11) is 1.83. The molecule has 0 N–H and O–H groups in total. The van der Waals surface area contributed by atoms with E-state index >= 15 is 0 Å². The number of thioether (sulfide) groups is 1. The quantitative estimate of drug-likeness (QED) is 0.604. The van der Waals surface area contributed by atoms with Crippen LogP contribution < -0.4 is 0 Å². The Morgan fingerprint density at radius 2 is 2.08 bits per heavy atom. The summed E-state index contributed by atoms with van der Waals surface area (Å²) in [6, 6.07) is 5.39. The summed E-state index contributed by atoms with van der Waals surface area (Å²) in [6.07, 6.45) is 5.19. The maximum absolute atomic E-state index is 12.8. The smallest absolute Gasteiger partial charge is 0.289 e. The average molecular weight is 372 g/mol. The minimum absolute atomic E-state index is 0.0945. The Labute approximate surface area is 155 Å². The van der Waals surface area contributed by atoms with Crippen LogP contribution >= 0.6 is 11.8 Å². The van der Waals surface area contributed by atoms with E-state index in [2.05, 4.69) is 9.97 Å². The third kappa shape index (κ3) is 3.33. The zero-order valence-corrected chi connectivity index (χ0v) is 15.3. The lowest BCUT2D eigenvalue weighted by atomic mass is 9.95. The van der Waals surface area contributed by atoms with Gasteiger partial charge in [-0.2, -0.15) is 0 Å². The Balaban J connectivity index is 1.42. The van der Waals surface area contributed by atoms with Gasteiger partial charge in [0.15, 0.2) is 10.9 Å². The van der Waals surface area contributed by atoms with Crippen LogP contribution in [0.1, 0.15) is 29.2 Å². The molecule has 2 aromatic rings. The number of hydrogen-bond acceptors (Lipinski definition) is 6. The molecule has 0 spiro atoms. The van der Waals surface area contributed by atoms with Crippen LogP contribution in [0.5, 0.6) is 0 Å². The number of likely N-dealkylation sites (N-methyl/N-ethyl adjacent to an activating group) is 1. The van der Waals surface area contributed by atoms with E-state index in [4.69, 9.17) is 4.42 Å². The van der Waals surface area contributed by atoms with Gasteiger partial charge >= 0.3 is 0 Å². The Morgan fingerprint density at radius 3 is 2.88 bits per heavy atom. The van der Waals surface area contributed by atoms with E-state index in [0.717, 1.165) is 12.8 Å². The Bertz CT molecular complexity index is 810. The minimum Gasteiger partial charge on any atom is -0.455 e. The first-order valence-electron chi connectivity index (χ1n) is 8.66. The number of nitrogens with zero attached hydrogens (tertiary/aromatic N) is 4. The predicted molar refractivity (Wildman–Crippen MR) is 95.5 cm³/mol. The number of rotatable bonds is 4. The van der Waals surface area contributed by atoms with Gasteiger partial charge in [-0.05, 0) is 31.0 Å². The van der Waals surface area contributed by atoms with E-state index in [1.807, 2.05) is 13.1 Å². The highest BCUT2D eigenvalue weighted by atomic mass is 32.2. The van der Waals surface area contributed by atoms with Crippen molar-refractivity contribution in [2.45, 2.75) is 29.8 Å². The second-order valence-corrected chi connectivity index (χ2v) is 7.62. The predicted octanol–water partition coefficient (Wildman–Crippen LogP) is 2.05. The molecule has 3 saturated heterocycles. The zero-order valence-electron chi connectivity index (χ0n) is 14.5. The second-order valence-electron chi connectivity index (χ2n) is 6.67. The molecule has 7 nitrogen and oxygen atoms in total. The number of furan rings is 1. The SMILES string of the molecule is CN1C(=O)[C@@H]2CC[C@H]1CN(C(=O)c1ccc(CSc3ncccn3)o1)C2. The Kier molecular flexibility index (Phi) is 4.67. The lowest BCUT2D eigenvalue weighted by molar-refractivity contribution is -0.138. The fourth-order valence-electron chi connectivity index (χ4n) is 3.54. The molecule has 0 aliphatic carbocycles. The molecule has 3 fully saturated rings. The largest absolute Gasteiger partial charge is 0.455 e. The van der Waals surface area contributed by atoms with Gasteiger partial charge in [-0.3, -0.25) is 9.59 Å². The normalized spacial score (nSPS) is 22.6. The van der Waals surface area contributed by atoms with Crippen LogP contribution in [-0.2, 0) is 10.5 Å². The minimum atomic E-state index is -0.141. The van der Waals surface area contributed by atoms with Crippen molar-refractivity contribution in [3.8, 4) is 0 Å². The van der Waals surface area contributed by atoms with Gasteiger partial charge < -0.3 is 14.2 Å². The van der Waals surface area contributed by atoms with E-state index in [0.29, 0.717) is 35.5 Å². The molecule has 2 aromatic heterocycles. The molecule has 2 amide bonds. The van der Waals surface area contributed by atoms with E-state index in [1.165, 1.54) is 11.8 Å². The monoisotopic (exact) mass is 372 g/mol. The summed E-state index contributed by atoms with van der Waals surface area (Å²) in [5.74, 6) is 1.50. The number of fused-ring (bicyclic) bond motifs is 4. The third-order valence-electron chi connectivity index (χ3n) is 5.01. The molecule has 26 heavy (non-hydrogen) atoms. The maximum Gasteiger partial charge on any atom is 0.289 e. The van der Waals surface area contributed by atoms with Crippen LogP contribution in [0.2, 0.25) is 0 Å². The number of aromatic nitrogens is 2. The summed E-state index contributed by atoms with van der Waals surface area (Å²) < 4.78 is 5.74. The number of carbonyl (C=O) groups excluding carboxylic acids is 2. The highest BCUT2D eigenvalue weighted by Gasteiger charge is 2.40. The second kappa shape index (κ2) is 7.11. The molecule has 0 unspecified atom stereocenters. The first-order valence-corrected chi connectivity index (χ1v) is 9.65. The number of amides is 2. The van der Waals surface area contributed by atoms with Crippen molar-refractivity contribution < 1.29 is 14.0 Å². The summed E-state index contributed by atoms with van der Waals surface area (Å²) in [6.45, 7) is 1.04. The molecule has 2 atom stereocenters. The van der Waals surface area contributed by atoms with Crippen molar-refractivity contribution in [1.29, 1.82) is 0 Å². The van der Waals surface area contributed by atoms with Crippen molar-refractivity contribution in [3.05, 3.63) is 42.1 Å². The summed E-state index contributed by atoms with van der Waals surface area (Å²) in [4.78, 5) is 37.0. The van der Waals surface area contributed by atoms with Crippen LogP contribution in [0.3, 0.4) is 0 Å². The Morgan fingerprint density at radius 1 is 1.27 bits per heavy atom. The maximum atomic E-state index is 12.8. The van der Waals surface area contributed by atoms with Gasteiger partial charge in [0.05, 0.1) is 11.7 Å². The molecule has 8 heteroatoms. The van der Waals surface area contributed by atoms with Crippen LogP contribution in [0.25, 0.3) is 0 Å². The lowest BCUT2D eigenvalue weighted by Crippen LogP contribution is -2.45. The van der Waals surface area contributed by atoms with Gasteiger partial charge in [0.1, 0.15) is 5.76 Å². The van der Waals surface area contributed by atoms with Gasteiger partial charge in [0, 0.05) is 38.6 Å². The first kappa shape index (κ1) is 17.1. The highest BCUT2D eigenvalue weighted by Crippen LogP contribution is 2.29. The molecule has 136 valence electrons. The molecule has 3 aliphatic heterocycles. The topological polar surface area (TPSA) is 79.5 Å². The van der Waals surface area contributed by atoms with E-state index in [9.17, 15) is 9.59 Å². The van der Waals surface area contributed by atoms with Gasteiger partial charge in [-0.25, -0.2) is 9.97 Å². The van der Waals surface area contributed by atoms with E-state index in [1.54, 1.807) is 34.3 Å². The standard InChI is InChI=1S/C18H20N4O3S/c1-21-13-4-3-12(16(21)23)9-22(10-13)17(24)15-6-5-14(25-15)11-26-18-19-7-2-8-20-18/h2,5-8,12-13H,3-4,9-11H2,1H3/t12-,13+/m1/s1. The molecular weight excluding hydrogens is 352 g/mol. The third-order valence-corrected chi connectivity index (χ3v) is 5.91. The molecular formula is C18H20N4O3S. The molecule has 3 aliphatic rings. The van der Waals surface area contributed by atoms with Crippen LogP contribution in [0, 0.1) is 5.92 Å². The summed E-state index contributed by atoms with van der Waals surface area (Å²) in [5.41, 5.74) is 0. The van der Waals surface area contributed by atoms with Crippen LogP contribution in [0.15, 0.2) is 40.2 Å². The van der Waals surface area contributed by atoms with Gasteiger partial charge in [-0.1, -0.05) is 11.8 Å². The molecule has 0 aromatic carbocycles. The van der Waals surface area contributed by atoms with Crippen molar-refractivity contribution in [3.63, 3.8) is 0 Å². The van der Waals surface area contributed by atoms with E-state index in [-0.39, 0.29) is 23.8 Å². The molecule has 0 radical (unpaired) electrons. The molecule has 5 heterocycles. The van der Waals surface area contributed by atoms with Crippen molar-refractivity contribution in [2.24, 2.45) is 5.92 Å². The first-order chi connectivity index (χ1) is 12.6. The average Bonchev–Trinajstić information content (AvgIpc) is 2.98. The number of hydrogen-bond donors (Lipinski definition) is 0. The lowest BCUT2D eigenvalue weighted by Gasteiger charge is -2.32. The summed E-state index contributed by atoms with van der Waals surface area (Å²) in [5, 5.41) is 0.669. The van der Waals surface area contributed by atoms with Gasteiger partial charge in [0.25, 0.3) is 5.91 Å². The number of carbonyl (C=O) groups is 2. The van der Waals surface area contributed by atoms with Crippen LogP contribution in [-0.4, -0.2) is 57.8 Å². The fraction of sp³-hybridized carbons (Fsp3) is 0.444. The van der Waals surface area contributed by atoms with Crippen LogP contribution in [0.4, 0.5) is 0 Å². The van der Waals surface area contributed by atoms with Gasteiger partial charge in [0.2, 0.25) is 5.91 Å². The van der Waals surface area contributed by atoms with Crippen molar-refractivity contribution >= 4 is 23.6 Å². The summed E-state index contributed by atoms with van der Waals surface area (Å²) >= 11 is 1.46. The molecule has 0 saturated carbocycles. The van der Waals surface area contributed by atoms with Crippen molar-refractivity contribution in [2.75, 3.05) is 20.1 Å². The molecule has 5 rings (SSSR count). The van der Waals surface area contributed by atoms with E-state index < -0.39 is 0 Å². The highest BCUT2D eigenvalue weighted by molar-refractivity contribution is 7.98. The zero-order chi connectivity index (χ0) is 18.1.